The summed E-state index contributed by atoms with van der Waals surface area (Å²) in [7, 11) is -1.24. The molecule has 0 radical (unpaired) electrons. The minimum Gasteiger partial charge on any atom is -0.352 e. The third-order valence-electron chi connectivity index (χ3n) is 1.15. The smallest absolute Gasteiger partial charge is 0.00398 e. The summed E-state index contributed by atoms with van der Waals surface area (Å²) in [6.45, 7) is 4.07. The lowest BCUT2D eigenvalue weighted by atomic mass is 10.6. The second-order valence-corrected chi connectivity index (χ2v) is 6.04. The van der Waals surface area contributed by atoms with E-state index in [1.807, 2.05) is 26.4 Å². The van der Waals surface area contributed by atoms with Gasteiger partial charge in [0.15, 0.2) is 0 Å². The third-order valence-corrected chi connectivity index (χ3v) is 3.46. The van der Waals surface area contributed by atoms with Gasteiger partial charge >= 0.3 is 0 Å². The van der Waals surface area contributed by atoms with Crippen molar-refractivity contribution in [3.8, 4) is 0 Å². The molecule has 0 aliphatic carbocycles. The van der Waals surface area contributed by atoms with Gasteiger partial charge in [-0.2, -0.15) is 0 Å². The Morgan fingerprint density at radius 1 is 1.29 bits per heavy atom. The van der Waals surface area contributed by atoms with Crippen molar-refractivity contribution in [2.75, 3.05) is 12.5 Å². The Morgan fingerprint density at radius 3 is 1.43 bits per heavy atom. The summed E-state index contributed by atoms with van der Waals surface area (Å²) in [6.07, 6.45) is 3.80. The van der Waals surface area contributed by atoms with Gasteiger partial charge in [0.1, 0.15) is 0 Å². The molecule has 0 heterocycles. The molecule has 0 aromatic heterocycles. The fourth-order valence-electron chi connectivity index (χ4n) is 0. The van der Waals surface area contributed by atoms with Crippen molar-refractivity contribution < 1.29 is 4.55 Å². The maximum Gasteiger partial charge on any atom is 0.00398 e. The minimum atomic E-state index is -1.24. The molecule has 0 fully saturated rings. The Morgan fingerprint density at radius 2 is 1.43 bits per heavy atom. The van der Waals surface area contributed by atoms with Crippen LogP contribution in [0.4, 0.5) is 0 Å². The van der Waals surface area contributed by atoms with Gasteiger partial charge in [-0.15, -0.1) is 10.3 Å². The van der Waals surface area contributed by atoms with E-state index in [2.05, 4.69) is 0 Å². The van der Waals surface area contributed by atoms with Crippen LogP contribution in [0.15, 0.2) is 0 Å². The Hall–Kier alpha value is 0.310. The predicted octanol–water partition coefficient (Wildman–Crippen LogP) is 1.93. The topological polar surface area (TPSA) is 20.2 Å². The monoisotopic (exact) mass is 122 g/mol. The van der Waals surface area contributed by atoms with Gasteiger partial charge in [0.2, 0.25) is 0 Å². The molecule has 0 unspecified atom stereocenters. The SMILES string of the molecule is CC(C)S(C)(C)O. The summed E-state index contributed by atoms with van der Waals surface area (Å²) in [4.78, 5) is 0. The first kappa shape index (κ1) is 7.31. The maximum atomic E-state index is 9.18. The van der Waals surface area contributed by atoms with Crippen molar-refractivity contribution in [2.45, 2.75) is 19.1 Å². The van der Waals surface area contributed by atoms with Crippen LogP contribution in [0.25, 0.3) is 0 Å². The van der Waals surface area contributed by atoms with E-state index < -0.39 is 10.3 Å². The van der Waals surface area contributed by atoms with Gasteiger partial charge in [-0.3, -0.25) is 0 Å². The summed E-state index contributed by atoms with van der Waals surface area (Å²) >= 11 is 0. The van der Waals surface area contributed by atoms with Crippen LogP contribution in [-0.2, 0) is 0 Å². The van der Waals surface area contributed by atoms with Crippen molar-refractivity contribution in [3.05, 3.63) is 0 Å². The van der Waals surface area contributed by atoms with E-state index in [1.165, 1.54) is 0 Å². The van der Waals surface area contributed by atoms with Gasteiger partial charge in [-0.1, -0.05) is 13.8 Å². The Labute approximate surface area is 47.3 Å². The fraction of sp³-hybridized carbons (Fsp3) is 1.00. The lowest BCUT2D eigenvalue weighted by molar-refractivity contribution is 0.627. The van der Waals surface area contributed by atoms with Crippen LogP contribution in [0, 0.1) is 0 Å². The molecule has 0 bridgehead atoms. The second kappa shape index (κ2) is 2.05. The van der Waals surface area contributed by atoms with Gasteiger partial charge in [0, 0.05) is 5.25 Å². The van der Waals surface area contributed by atoms with Crippen LogP contribution in [0.2, 0.25) is 0 Å². The molecule has 0 saturated carbocycles. The molecule has 0 spiro atoms. The van der Waals surface area contributed by atoms with Crippen LogP contribution in [0.5, 0.6) is 0 Å². The van der Waals surface area contributed by atoms with Gasteiger partial charge < -0.3 is 4.55 Å². The molecule has 0 aliphatic rings. The van der Waals surface area contributed by atoms with Gasteiger partial charge in [0.05, 0.1) is 0 Å². The second-order valence-electron chi connectivity index (χ2n) is 2.40. The Bertz CT molecular complexity index is 53.6. The zero-order valence-electron chi connectivity index (χ0n) is 5.43. The van der Waals surface area contributed by atoms with Gasteiger partial charge in [-0.25, -0.2) is 0 Å². The molecular formula is C5H14OS. The van der Waals surface area contributed by atoms with Crippen molar-refractivity contribution >= 4 is 10.3 Å². The first-order valence-electron chi connectivity index (χ1n) is 2.39. The van der Waals surface area contributed by atoms with E-state index in [4.69, 9.17) is 0 Å². The summed E-state index contributed by atoms with van der Waals surface area (Å²) in [5, 5.41) is 0.437. The van der Waals surface area contributed by atoms with E-state index in [0.717, 1.165) is 0 Å². The predicted molar refractivity (Wildman–Crippen MR) is 37.2 cm³/mol. The molecular weight excluding hydrogens is 108 g/mol. The highest BCUT2D eigenvalue weighted by Gasteiger charge is 2.09. The molecule has 0 rings (SSSR count). The normalized spacial score (nSPS) is 15.1. The zero-order chi connectivity index (χ0) is 6.08. The van der Waals surface area contributed by atoms with Crippen LogP contribution in [-0.4, -0.2) is 22.3 Å². The van der Waals surface area contributed by atoms with E-state index in [9.17, 15) is 4.55 Å². The summed E-state index contributed by atoms with van der Waals surface area (Å²) in [6, 6.07) is 0. The quantitative estimate of drug-likeness (QED) is 0.563. The summed E-state index contributed by atoms with van der Waals surface area (Å²) in [5.41, 5.74) is 0. The van der Waals surface area contributed by atoms with Gasteiger partial charge in [0.25, 0.3) is 0 Å². The molecule has 0 atom stereocenters. The fourth-order valence-corrected chi connectivity index (χ4v) is 0. The molecule has 0 aromatic carbocycles. The number of hydrogen-bond donors (Lipinski definition) is 1. The third kappa shape index (κ3) is 2.94. The van der Waals surface area contributed by atoms with Crippen LogP contribution in [0.1, 0.15) is 13.8 Å². The molecule has 0 aliphatic heterocycles. The van der Waals surface area contributed by atoms with Crippen molar-refractivity contribution in [1.29, 1.82) is 0 Å². The molecule has 46 valence electrons. The summed E-state index contributed by atoms with van der Waals surface area (Å²) < 4.78 is 9.18. The van der Waals surface area contributed by atoms with Gasteiger partial charge in [-0.05, 0) is 12.5 Å². The average molecular weight is 122 g/mol. The van der Waals surface area contributed by atoms with E-state index in [0.29, 0.717) is 5.25 Å². The van der Waals surface area contributed by atoms with Crippen molar-refractivity contribution in [2.24, 2.45) is 0 Å². The van der Waals surface area contributed by atoms with Crippen LogP contribution < -0.4 is 0 Å². The average Bonchev–Trinajstić information content (AvgIpc) is 1.31. The molecule has 0 saturated heterocycles. The molecule has 0 amide bonds. The largest absolute Gasteiger partial charge is 0.352 e. The Balaban J connectivity index is 3.54. The van der Waals surface area contributed by atoms with Crippen molar-refractivity contribution in [3.63, 3.8) is 0 Å². The van der Waals surface area contributed by atoms with E-state index >= 15 is 0 Å². The maximum absolute atomic E-state index is 9.18. The molecule has 0 aromatic rings. The van der Waals surface area contributed by atoms with Crippen molar-refractivity contribution in [1.82, 2.24) is 0 Å². The molecule has 7 heavy (non-hydrogen) atoms. The highest BCUT2D eigenvalue weighted by molar-refractivity contribution is 8.28. The lowest BCUT2D eigenvalue weighted by Crippen LogP contribution is -2.06. The van der Waals surface area contributed by atoms with E-state index in [-0.39, 0.29) is 0 Å². The highest BCUT2D eigenvalue weighted by atomic mass is 32.3. The molecule has 1 nitrogen and oxygen atoms in total. The molecule has 2 heteroatoms. The highest BCUT2D eigenvalue weighted by Crippen LogP contribution is 2.39. The molecule has 1 N–H and O–H groups in total. The Kier molecular flexibility index (Phi) is 2.14. The first-order chi connectivity index (χ1) is 2.94. The van der Waals surface area contributed by atoms with E-state index in [1.54, 1.807) is 0 Å². The lowest BCUT2D eigenvalue weighted by Gasteiger charge is -2.27. The van der Waals surface area contributed by atoms with Crippen LogP contribution >= 0.6 is 10.3 Å². The summed E-state index contributed by atoms with van der Waals surface area (Å²) in [5.74, 6) is 0. The van der Waals surface area contributed by atoms with Crippen LogP contribution in [0.3, 0.4) is 0 Å². The standard InChI is InChI=1S/C5H14OS/c1-5(2)7(3,4)6/h5-6H,1-4H3. The number of hydrogen-bond acceptors (Lipinski definition) is 1. The minimum absolute atomic E-state index is 0.437. The zero-order valence-corrected chi connectivity index (χ0v) is 6.25. The number of rotatable bonds is 1. The first-order valence-corrected chi connectivity index (χ1v) is 4.86.